The van der Waals surface area contributed by atoms with E-state index >= 15 is 0 Å². The topological polar surface area (TPSA) is 89.1 Å². The van der Waals surface area contributed by atoms with Gasteiger partial charge in [-0.15, -0.1) is 0 Å². The lowest BCUT2D eigenvalue weighted by Gasteiger charge is -2.28. The van der Waals surface area contributed by atoms with Crippen LogP contribution in [0.5, 0.6) is 5.75 Å². The van der Waals surface area contributed by atoms with Crippen LogP contribution >= 0.6 is 0 Å². The molecule has 20 heavy (non-hydrogen) atoms. The molecule has 110 valence electrons. The van der Waals surface area contributed by atoms with Crippen LogP contribution in [-0.2, 0) is 4.74 Å². The van der Waals surface area contributed by atoms with E-state index in [2.05, 4.69) is 10.3 Å². The highest BCUT2D eigenvalue weighted by Gasteiger charge is 2.24. The Morgan fingerprint density at radius 2 is 2.30 bits per heavy atom. The van der Waals surface area contributed by atoms with Crippen molar-refractivity contribution < 1.29 is 14.6 Å². The number of ether oxygens (including phenoxy) is 2. The molecule has 0 radical (unpaired) electrons. The first-order chi connectivity index (χ1) is 9.74. The number of benzene rings is 1. The quantitative estimate of drug-likeness (QED) is 0.539. The molecule has 1 aliphatic heterocycles. The molecule has 0 aromatic heterocycles. The normalized spacial score (nSPS) is 19.3. The number of nitrogens with one attached hydrogen (secondary N) is 1. The van der Waals surface area contributed by atoms with Crippen molar-refractivity contribution in [2.75, 3.05) is 37.4 Å². The molecule has 4 N–H and O–H groups in total. The van der Waals surface area contributed by atoms with Crippen LogP contribution in [0.25, 0.3) is 0 Å². The van der Waals surface area contributed by atoms with Gasteiger partial charge < -0.3 is 25.6 Å². The van der Waals surface area contributed by atoms with Gasteiger partial charge in [0.2, 0.25) is 0 Å². The van der Waals surface area contributed by atoms with Gasteiger partial charge in [0.1, 0.15) is 11.6 Å². The van der Waals surface area contributed by atoms with Crippen molar-refractivity contribution in [3.8, 4) is 5.75 Å². The van der Waals surface area contributed by atoms with Gasteiger partial charge in [0, 0.05) is 11.8 Å². The van der Waals surface area contributed by atoms with Gasteiger partial charge in [-0.2, -0.15) is 0 Å². The first-order valence-corrected chi connectivity index (χ1v) is 6.80. The largest absolute Gasteiger partial charge is 0.480 e. The van der Waals surface area contributed by atoms with E-state index in [1.807, 2.05) is 25.1 Å². The summed E-state index contributed by atoms with van der Waals surface area (Å²) in [5.41, 5.74) is 7.31. The number of nitrogens with two attached hydrogens (primary N) is 1. The second-order valence-corrected chi connectivity index (χ2v) is 4.50. The molecule has 1 aromatic carbocycles. The van der Waals surface area contributed by atoms with Crippen molar-refractivity contribution in [3.63, 3.8) is 0 Å². The Kier molecular flexibility index (Phi) is 5.20. The van der Waals surface area contributed by atoms with Crippen LogP contribution < -0.4 is 15.8 Å². The molecular weight excluding hydrogens is 258 g/mol. The van der Waals surface area contributed by atoms with Crippen molar-refractivity contribution in [1.82, 2.24) is 0 Å². The van der Waals surface area contributed by atoms with Crippen LogP contribution in [0.15, 0.2) is 23.2 Å². The molecule has 0 aliphatic carbocycles. The first kappa shape index (κ1) is 14.6. The van der Waals surface area contributed by atoms with E-state index in [1.165, 1.54) is 0 Å². The van der Waals surface area contributed by atoms with Crippen LogP contribution in [0.3, 0.4) is 0 Å². The van der Waals surface area contributed by atoms with E-state index in [4.69, 9.17) is 20.3 Å². The van der Waals surface area contributed by atoms with Gasteiger partial charge >= 0.3 is 0 Å². The highest BCUT2D eigenvalue weighted by atomic mass is 16.5. The number of nitrogens with zero attached hydrogens (tertiary/aromatic N) is 1. The maximum Gasteiger partial charge on any atom is 0.155 e. The summed E-state index contributed by atoms with van der Waals surface area (Å²) in [5.74, 6) is 1.56. The number of amidine groups is 1. The zero-order chi connectivity index (χ0) is 14.4. The van der Waals surface area contributed by atoms with Gasteiger partial charge in [0.25, 0.3) is 0 Å². The molecule has 1 aliphatic rings. The van der Waals surface area contributed by atoms with Crippen LogP contribution in [0.2, 0.25) is 0 Å². The van der Waals surface area contributed by atoms with Crippen LogP contribution in [0, 0.1) is 0 Å². The monoisotopic (exact) mass is 279 g/mol. The predicted molar refractivity (Wildman–Crippen MR) is 79.4 cm³/mol. The number of aliphatic imine (C=N–C) groups is 1. The molecule has 0 fully saturated rings. The van der Waals surface area contributed by atoms with Crippen LogP contribution in [0.4, 0.5) is 11.4 Å². The molecule has 1 atom stereocenters. The number of hydrogen-bond acceptors (Lipinski definition) is 5. The Hall–Kier alpha value is -1.79. The minimum Gasteiger partial charge on any atom is -0.480 e. The number of aliphatic hydroxyl groups is 1. The molecule has 2 rings (SSSR count). The fraction of sp³-hybridized carbons (Fsp3) is 0.500. The zero-order valence-corrected chi connectivity index (χ0v) is 11.6. The summed E-state index contributed by atoms with van der Waals surface area (Å²) in [6.45, 7) is 3.43. The zero-order valence-electron chi connectivity index (χ0n) is 11.6. The first-order valence-electron chi connectivity index (χ1n) is 6.80. The van der Waals surface area contributed by atoms with Crippen molar-refractivity contribution in [3.05, 3.63) is 18.2 Å². The Morgan fingerprint density at radius 1 is 1.45 bits per heavy atom. The number of anilines is 2. The molecule has 1 heterocycles. The number of aliphatic hydroxyl groups excluding tert-OH is 1. The molecule has 0 saturated carbocycles. The highest BCUT2D eigenvalue weighted by Crippen LogP contribution is 2.32. The van der Waals surface area contributed by atoms with Crippen molar-refractivity contribution in [1.29, 1.82) is 0 Å². The van der Waals surface area contributed by atoms with E-state index in [1.54, 1.807) is 0 Å². The third-order valence-electron chi connectivity index (χ3n) is 2.97. The SMILES string of the molecule is CCC1Oc2cc(N)ccc2NC1=NCCOCCO. The summed E-state index contributed by atoms with van der Waals surface area (Å²) < 4.78 is 11.1. The second kappa shape index (κ2) is 7.12. The lowest BCUT2D eigenvalue weighted by molar-refractivity contribution is 0.0976. The van der Waals surface area contributed by atoms with Crippen molar-refractivity contribution >= 4 is 17.2 Å². The Morgan fingerprint density at radius 3 is 3.05 bits per heavy atom. The lowest BCUT2D eigenvalue weighted by Crippen LogP contribution is -2.37. The Labute approximate surface area is 118 Å². The minimum atomic E-state index is -0.0952. The van der Waals surface area contributed by atoms with E-state index in [0.29, 0.717) is 25.4 Å². The summed E-state index contributed by atoms with van der Waals surface area (Å²) in [6, 6.07) is 5.52. The van der Waals surface area contributed by atoms with Crippen molar-refractivity contribution in [2.45, 2.75) is 19.4 Å². The standard InChI is InChI=1S/C14H21N3O3/c1-2-12-14(16-5-7-19-8-6-18)17-11-4-3-10(15)9-13(11)20-12/h3-4,9,12,18H,2,5-8,15H2,1H3,(H,16,17). The third-order valence-corrected chi connectivity index (χ3v) is 2.97. The maximum atomic E-state index is 8.62. The Balaban J connectivity index is 2.02. The molecule has 0 amide bonds. The van der Waals surface area contributed by atoms with E-state index in [9.17, 15) is 0 Å². The average Bonchev–Trinajstić information content (AvgIpc) is 2.46. The fourth-order valence-electron chi connectivity index (χ4n) is 1.98. The smallest absolute Gasteiger partial charge is 0.155 e. The summed E-state index contributed by atoms with van der Waals surface area (Å²) in [7, 11) is 0. The molecule has 0 bridgehead atoms. The van der Waals surface area contributed by atoms with Crippen LogP contribution in [0.1, 0.15) is 13.3 Å². The van der Waals surface area contributed by atoms with Gasteiger partial charge in [0.05, 0.1) is 32.1 Å². The predicted octanol–water partition coefficient (Wildman–Crippen LogP) is 1.26. The minimum absolute atomic E-state index is 0.0321. The molecule has 6 nitrogen and oxygen atoms in total. The summed E-state index contributed by atoms with van der Waals surface area (Å²) in [4.78, 5) is 4.47. The molecule has 0 spiro atoms. The van der Waals surface area contributed by atoms with E-state index in [0.717, 1.165) is 23.7 Å². The number of nitrogen functional groups attached to an aromatic ring is 1. The number of rotatable bonds is 6. The second-order valence-electron chi connectivity index (χ2n) is 4.50. The summed E-state index contributed by atoms with van der Waals surface area (Å²) in [6.07, 6.45) is 0.722. The number of hydrogen-bond donors (Lipinski definition) is 3. The highest BCUT2D eigenvalue weighted by molar-refractivity contribution is 6.02. The fourth-order valence-corrected chi connectivity index (χ4v) is 1.98. The Bertz CT molecular complexity index is 477. The van der Waals surface area contributed by atoms with Crippen LogP contribution in [-0.4, -0.2) is 43.4 Å². The molecule has 0 saturated heterocycles. The number of fused-ring (bicyclic) bond motifs is 1. The van der Waals surface area contributed by atoms with Gasteiger partial charge in [-0.05, 0) is 18.6 Å². The van der Waals surface area contributed by atoms with E-state index < -0.39 is 0 Å². The van der Waals surface area contributed by atoms with Gasteiger partial charge in [-0.3, -0.25) is 4.99 Å². The third kappa shape index (κ3) is 3.61. The average molecular weight is 279 g/mol. The molecule has 1 aromatic rings. The molecule has 6 heteroatoms. The summed E-state index contributed by atoms with van der Waals surface area (Å²) >= 11 is 0. The lowest BCUT2D eigenvalue weighted by atomic mass is 10.1. The molecule has 1 unspecified atom stereocenters. The van der Waals surface area contributed by atoms with Crippen molar-refractivity contribution in [2.24, 2.45) is 4.99 Å². The van der Waals surface area contributed by atoms with Gasteiger partial charge in [-0.25, -0.2) is 0 Å². The molecular formula is C14H21N3O3. The summed E-state index contributed by atoms with van der Waals surface area (Å²) in [5, 5.41) is 11.9. The van der Waals surface area contributed by atoms with E-state index in [-0.39, 0.29) is 12.7 Å². The van der Waals surface area contributed by atoms with Gasteiger partial charge in [-0.1, -0.05) is 6.92 Å². The maximum absolute atomic E-state index is 8.62. The van der Waals surface area contributed by atoms with Gasteiger partial charge in [0.15, 0.2) is 6.10 Å².